The molecule has 3 rings (SSSR count). The molecular formula is C13H19N5O2. The Balaban J connectivity index is 1.99. The van der Waals surface area contributed by atoms with Crippen molar-refractivity contribution < 1.29 is 9.84 Å². The van der Waals surface area contributed by atoms with Crippen molar-refractivity contribution in [2.24, 2.45) is 5.92 Å². The zero-order valence-corrected chi connectivity index (χ0v) is 11.7. The molecule has 0 amide bonds. The minimum atomic E-state index is -0.137. The second-order valence-corrected chi connectivity index (χ2v) is 5.12. The van der Waals surface area contributed by atoms with E-state index in [1.54, 1.807) is 6.33 Å². The van der Waals surface area contributed by atoms with Gasteiger partial charge in [0.2, 0.25) is 0 Å². The normalized spacial score (nSPS) is 26.2. The SMILES string of the molecule is CCNc1ncnc2c1ncn2C1O[C@H](CO)C[C@@H]1C. The minimum absolute atomic E-state index is 0.0467. The molecule has 3 atom stereocenters. The van der Waals surface area contributed by atoms with Crippen LogP contribution in [0.3, 0.4) is 0 Å². The van der Waals surface area contributed by atoms with E-state index in [9.17, 15) is 5.11 Å². The predicted octanol–water partition coefficient (Wildman–Crippen LogP) is 1.17. The Morgan fingerprint density at radius 2 is 2.30 bits per heavy atom. The maximum absolute atomic E-state index is 9.24. The van der Waals surface area contributed by atoms with Gasteiger partial charge < -0.3 is 15.2 Å². The summed E-state index contributed by atoms with van der Waals surface area (Å²) in [6.07, 6.45) is 3.86. The highest BCUT2D eigenvalue weighted by Crippen LogP contribution is 2.35. The van der Waals surface area contributed by atoms with Gasteiger partial charge in [0, 0.05) is 12.5 Å². The van der Waals surface area contributed by atoms with E-state index in [0.717, 1.165) is 29.9 Å². The molecule has 1 aliphatic rings. The van der Waals surface area contributed by atoms with Crippen LogP contribution >= 0.6 is 0 Å². The van der Waals surface area contributed by atoms with Crippen molar-refractivity contribution in [3.05, 3.63) is 12.7 Å². The Hall–Kier alpha value is -1.73. The van der Waals surface area contributed by atoms with Crippen LogP contribution in [0.15, 0.2) is 12.7 Å². The van der Waals surface area contributed by atoms with E-state index in [4.69, 9.17) is 4.74 Å². The summed E-state index contributed by atoms with van der Waals surface area (Å²) in [6.45, 7) is 4.95. The van der Waals surface area contributed by atoms with Gasteiger partial charge in [-0.3, -0.25) is 4.57 Å². The van der Waals surface area contributed by atoms with E-state index in [-0.39, 0.29) is 18.9 Å². The molecule has 108 valence electrons. The number of nitrogens with one attached hydrogen (secondary N) is 1. The number of imidazole rings is 1. The van der Waals surface area contributed by atoms with Gasteiger partial charge in [0.15, 0.2) is 17.0 Å². The molecule has 1 unspecified atom stereocenters. The zero-order chi connectivity index (χ0) is 14.1. The fourth-order valence-corrected chi connectivity index (χ4v) is 2.71. The first-order valence-electron chi connectivity index (χ1n) is 6.92. The average Bonchev–Trinajstić information content (AvgIpc) is 3.03. The summed E-state index contributed by atoms with van der Waals surface area (Å²) in [4.78, 5) is 12.9. The summed E-state index contributed by atoms with van der Waals surface area (Å²) in [5.41, 5.74) is 1.50. The molecule has 0 aliphatic carbocycles. The van der Waals surface area contributed by atoms with Gasteiger partial charge in [-0.1, -0.05) is 6.92 Å². The van der Waals surface area contributed by atoms with E-state index >= 15 is 0 Å². The van der Waals surface area contributed by atoms with Crippen molar-refractivity contribution in [2.75, 3.05) is 18.5 Å². The molecule has 0 bridgehead atoms. The number of nitrogens with zero attached hydrogens (tertiary/aromatic N) is 4. The molecule has 7 heteroatoms. The van der Waals surface area contributed by atoms with Crippen LogP contribution in [0, 0.1) is 5.92 Å². The molecule has 2 aromatic heterocycles. The second-order valence-electron chi connectivity index (χ2n) is 5.12. The summed E-state index contributed by atoms with van der Waals surface area (Å²) in [6, 6.07) is 0. The van der Waals surface area contributed by atoms with Gasteiger partial charge in [0.1, 0.15) is 12.6 Å². The maximum atomic E-state index is 9.24. The van der Waals surface area contributed by atoms with Crippen LogP contribution in [-0.2, 0) is 4.74 Å². The van der Waals surface area contributed by atoms with Crippen molar-refractivity contribution in [3.63, 3.8) is 0 Å². The summed E-state index contributed by atoms with van der Waals surface area (Å²) < 4.78 is 7.80. The number of hydrogen-bond acceptors (Lipinski definition) is 6. The zero-order valence-electron chi connectivity index (χ0n) is 11.7. The molecule has 1 aliphatic heterocycles. The largest absolute Gasteiger partial charge is 0.394 e. The van der Waals surface area contributed by atoms with Gasteiger partial charge in [-0.15, -0.1) is 0 Å². The molecule has 20 heavy (non-hydrogen) atoms. The highest BCUT2D eigenvalue weighted by Gasteiger charge is 2.34. The van der Waals surface area contributed by atoms with Crippen molar-refractivity contribution in [1.82, 2.24) is 19.5 Å². The summed E-state index contributed by atoms with van der Waals surface area (Å²) in [5.74, 6) is 1.04. The Morgan fingerprint density at radius 3 is 3.00 bits per heavy atom. The van der Waals surface area contributed by atoms with Crippen LogP contribution in [0.1, 0.15) is 26.5 Å². The predicted molar refractivity (Wildman–Crippen MR) is 74.3 cm³/mol. The first-order chi connectivity index (χ1) is 9.74. The van der Waals surface area contributed by atoms with Gasteiger partial charge in [0.25, 0.3) is 0 Å². The van der Waals surface area contributed by atoms with E-state index in [1.165, 1.54) is 6.33 Å². The molecule has 0 radical (unpaired) electrons. The second kappa shape index (κ2) is 5.34. The first-order valence-corrected chi connectivity index (χ1v) is 6.92. The monoisotopic (exact) mass is 277 g/mol. The van der Waals surface area contributed by atoms with Gasteiger partial charge in [-0.25, -0.2) is 15.0 Å². The quantitative estimate of drug-likeness (QED) is 0.872. The Bertz CT molecular complexity index is 599. The Labute approximate surface area is 117 Å². The van der Waals surface area contributed by atoms with Crippen LogP contribution in [0.4, 0.5) is 5.82 Å². The Morgan fingerprint density at radius 1 is 1.45 bits per heavy atom. The molecular weight excluding hydrogens is 258 g/mol. The summed E-state index contributed by atoms with van der Waals surface area (Å²) in [5, 5.41) is 12.4. The molecule has 0 aromatic carbocycles. The molecule has 1 fully saturated rings. The maximum Gasteiger partial charge on any atom is 0.167 e. The van der Waals surface area contributed by atoms with E-state index < -0.39 is 0 Å². The number of fused-ring (bicyclic) bond motifs is 1. The minimum Gasteiger partial charge on any atom is -0.394 e. The molecule has 1 saturated heterocycles. The number of aliphatic hydroxyl groups is 1. The van der Waals surface area contributed by atoms with Crippen molar-refractivity contribution in [3.8, 4) is 0 Å². The van der Waals surface area contributed by atoms with Crippen molar-refractivity contribution in [1.29, 1.82) is 0 Å². The van der Waals surface area contributed by atoms with Crippen molar-refractivity contribution in [2.45, 2.75) is 32.6 Å². The number of ether oxygens (including phenoxy) is 1. The summed E-state index contributed by atoms with van der Waals surface area (Å²) >= 11 is 0. The fraction of sp³-hybridized carbons (Fsp3) is 0.615. The highest BCUT2D eigenvalue weighted by molar-refractivity contribution is 5.82. The average molecular weight is 277 g/mol. The highest BCUT2D eigenvalue weighted by atomic mass is 16.5. The topological polar surface area (TPSA) is 85.1 Å². The number of aliphatic hydroxyl groups excluding tert-OH is 1. The third kappa shape index (κ3) is 2.12. The molecule has 2 N–H and O–H groups in total. The van der Waals surface area contributed by atoms with Gasteiger partial charge >= 0.3 is 0 Å². The van der Waals surface area contributed by atoms with E-state index in [0.29, 0.717) is 5.92 Å². The van der Waals surface area contributed by atoms with Crippen molar-refractivity contribution >= 4 is 17.0 Å². The number of rotatable bonds is 4. The van der Waals surface area contributed by atoms with E-state index in [1.807, 2.05) is 11.5 Å². The lowest BCUT2D eigenvalue weighted by atomic mass is 10.1. The van der Waals surface area contributed by atoms with Crippen LogP contribution < -0.4 is 5.32 Å². The third-order valence-electron chi connectivity index (χ3n) is 3.63. The van der Waals surface area contributed by atoms with E-state index in [2.05, 4.69) is 27.2 Å². The molecule has 3 heterocycles. The number of anilines is 1. The smallest absolute Gasteiger partial charge is 0.167 e. The number of aromatic nitrogens is 4. The lowest BCUT2D eigenvalue weighted by Crippen LogP contribution is -2.15. The summed E-state index contributed by atoms with van der Waals surface area (Å²) in [7, 11) is 0. The van der Waals surface area contributed by atoms with Crippen LogP contribution in [0.5, 0.6) is 0 Å². The molecule has 0 spiro atoms. The Kier molecular flexibility index (Phi) is 3.54. The third-order valence-corrected chi connectivity index (χ3v) is 3.63. The van der Waals surface area contributed by atoms with Crippen LogP contribution in [-0.4, -0.2) is 43.9 Å². The van der Waals surface area contributed by atoms with Crippen LogP contribution in [0.25, 0.3) is 11.2 Å². The fourth-order valence-electron chi connectivity index (χ4n) is 2.71. The lowest BCUT2D eigenvalue weighted by Gasteiger charge is -2.17. The standard InChI is InChI=1S/C13H19N5O2/c1-3-14-11-10-12(16-6-15-11)18(7-17-10)13-8(2)4-9(5-19)20-13/h6-9,13,19H,3-5H2,1-2H3,(H,14,15,16)/t8-,9-,13?/m0/s1. The molecule has 0 saturated carbocycles. The van der Waals surface area contributed by atoms with Crippen LogP contribution in [0.2, 0.25) is 0 Å². The molecule has 2 aromatic rings. The molecule has 7 nitrogen and oxygen atoms in total. The van der Waals surface area contributed by atoms with Gasteiger partial charge in [0.05, 0.1) is 19.0 Å². The number of hydrogen-bond donors (Lipinski definition) is 2. The van der Waals surface area contributed by atoms with Gasteiger partial charge in [-0.2, -0.15) is 0 Å². The first kappa shape index (κ1) is 13.3. The van der Waals surface area contributed by atoms with Gasteiger partial charge in [-0.05, 0) is 13.3 Å². The lowest BCUT2D eigenvalue weighted by molar-refractivity contribution is -0.0294.